The maximum absolute atomic E-state index is 12.7. The number of hydrogen-bond acceptors (Lipinski definition) is 2. The topological polar surface area (TPSA) is 38.1 Å². The van der Waals surface area contributed by atoms with Crippen molar-refractivity contribution in [3.05, 3.63) is 84.9 Å². The van der Waals surface area contributed by atoms with Gasteiger partial charge in [-0.25, -0.2) is 9.78 Å². The zero-order valence-corrected chi connectivity index (χ0v) is 11.5. The van der Waals surface area contributed by atoms with Gasteiger partial charge in [0.2, 0.25) is 0 Å². The van der Waals surface area contributed by atoms with Gasteiger partial charge in [0.15, 0.2) is 0 Å². The standard InChI is InChI=1S/C17H15N3O/c21-17(19-12-11-18-14-19)20(16-9-5-2-6-10-16)13-15-7-3-1-4-8-15/h1-12,14H,13H2. The molecule has 0 aliphatic carbocycles. The number of amides is 1. The quantitative estimate of drug-likeness (QED) is 0.734. The van der Waals surface area contributed by atoms with Crippen LogP contribution in [0, 0.1) is 0 Å². The monoisotopic (exact) mass is 277 g/mol. The number of rotatable bonds is 3. The number of carbonyl (C=O) groups excluding carboxylic acids is 1. The molecule has 0 aliphatic rings. The number of nitrogens with zero attached hydrogens (tertiary/aromatic N) is 3. The van der Waals surface area contributed by atoms with E-state index in [9.17, 15) is 4.79 Å². The Labute approximate surface area is 123 Å². The van der Waals surface area contributed by atoms with Crippen LogP contribution in [-0.2, 0) is 6.54 Å². The van der Waals surface area contributed by atoms with Gasteiger partial charge in [0.1, 0.15) is 6.33 Å². The number of benzene rings is 2. The van der Waals surface area contributed by atoms with Crippen LogP contribution in [0.5, 0.6) is 0 Å². The van der Waals surface area contributed by atoms with Crippen LogP contribution in [0.15, 0.2) is 79.4 Å². The van der Waals surface area contributed by atoms with Crippen molar-refractivity contribution in [2.24, 2.45) is 0 Å². The fraction of sp³-hybridized carbons (Fsp3) is 0.0588. The molecule has 0 unspecified atom stereocenters. The molecule has 0 bridgehead atoms. The van der Waals surface area contributed by atoms with Crippen molar-refractivity contribution in [3.63, 3.8) is 0 Å². The maximum atomic E-state index is 12.7. The lowest BCUT2D eigenvalue weighted by molar-refractivity contribution is 0.247. The molecule has 4 heteroatoms. The smallest absolute Gasteiger partial charge is 0.289 e. The highest BCUT2D eigenvalue weighted by atomic mass is 16.2. The first-order chi connectivity index (χ1) is 10.3. The van der Waals surface area contributed by atoms with Gasteiger partial charge in [0, 0.05) is 18.1 Å². The van der Waals surface area contributed by atoms with Gasteiger partial charge >= 0.3 is 6.03 Å². The molecule has 3 aromatic rings. The number of aromatic nitrogens is 2. The highest BCUT2D eigenvalue weighted by molar-refractivity contribution is 5.93. The molecule has 0 fully saturated rings. The van der Waals surface area contributed by atoms with Crippen LogP contribution >= 0.6 is 0 Å². The van der Waals surface area contributed by atoms with E-state index in [2.05, 4.69) is 4.98 Å². The fourth-order valence-corrected chi connectivity index (χ4v) is 2.15. The molecule has 1 aromatic heterocycles. The van der Waals surface area contributed by atoms with Gasteiger partial charge in [-0.3, -0.25) is 9.47 Å². The summed E-state index contributed by atoms with van der Waals surface area (Å²) in [6.07, 6.45) is 4.77. The normalized spacial score (nSPS) is 10.3. The molecular formula is C17H15N3O. The summed E-state index contributed by atoms with van der Waals surface area (Å²) in [4.78, 5) is 18.3. The predicted molar refractivity (Wildman–Crippen MR) is 82.1 cm³/mol. The summed E-state index contributed by atoms with van der Waals surface area (Å²) in [6, 6.07) is 19.5. The molecule has 0 aliphatic heterocycles. The Morgan fingerprint density at radius 2 is 1.67 bits per heavy atom. The van der Waals surface area contributed by atoms with E-state index in [0.29, 0.717) is 6.54 Å². The second kappa shape index (κ2) is 6.05. The maximum Gasteiger partial charge on any atom is 0.334 e. The highest BCUT2D eigenvalue weighted by Crippen LogP contribution is 2.18. The van der Waals surface area contributed by atoms with E-state index in [1.165, 1.54) is 10.9 Å². The molecule has 104 valence electrons. The highest BCUT2D eigenvalue weighted by Gasteiger charge is 2.17. The van der Waals surface area contributed by atoms with E-state index in [1.54, 1.807) is 17.3 Å². The molecule has 0 saturated carbocycles. The number of anilines is 1. The first kappa shape index (κ1) is 13.1. The summed E-state index contributed by atoms with van der Waals surface area (Å²) in [7, 11) is 0. The van der Waals surface area contributed by atoms with E-state index < -0.39 is 0 Å². The second-order valence-electron chi connectivity index (χ2n) is 4.66. The van der Waals surface area contributed by atoms with E-state index >= 15 is 0 Å². The molecule has 0 radical (unpaired) electrons. The molecule has 3 rings (SSSR count). The lowest BCUT2D eigenvalue weighted by Gasteiger charge is -2.23. The van der Waals surface area contributed by atoms with Crippen LogP contribution in [0.25, 0.3) is 0 Å². The molecule has 2 aromatic carbocycles. The van der Waals surface area contributed by atoms with Crippen LogP contribution < -0.4 is 4.90 Å². The Morgan fingerprint density at radius 3 is 2.29 bits per heavy atom. The Balaban J connectivity index is 1.93. The Bertz CT molecular complexity index is 693. The van der Waals surface area contributed by atoms with Gasteiger partial charge in [0.25, 0.3) is 0 Å². The van der Waals surface area contributed by atoms with Crippen LogP contribution in [0.3, 0.4) is 0 Å². The predicted octanol–water partition coefficient (Wildman–Crippen LogP) is 3.56. The van der Waals surface area contributed by atoms with Crippen molar-refractivity contribution in [1.29, 1.82) is 0 Å². The Hall–Kier alpha value is -2.88. The SMILES string of the molecule is O=C(N(Cc1ccccc1)c1ccccc1)n1ccnc1. The summed E-state index contributed by atoms with van der Waals surface area (Å²) in [5.41, 5.74) is 1.94. The third-order valence-electron chi connectivity index (χ3n) is 3.21. The van der Waals surface area contributed by atoms with Gasteiger partial charge in [-0.2, -0.15) is 0 Å². The van der Waals surface area contributed by atoms with E-state index in [4.69, 9.17) is 0 Å². The van der Waals surface area contributed by atoms with Crippen LogP contribution in [0.4, 0.5) is 10.5 Å². The average Bonchev–Trinajstić information content (AvgIpc) is 3.08. The minimum absolute atomic E-state index is 0.123. The van der Waals surface area contributed by atoms with Gasteiger partial charge < -0.3 is 0 Å². The van der Waals surface area contributed by atoms with Gasteiger partial charge in [-0.15, -0.1) is 0 Å². The zero-order chi connectivity index (χ0) is 14.5. The lowest BCUT2D eigenvalue weighted by atomic mass is 10.2. The van der Waals surface area contributed by atoms with Crippen LogP contribution in [-0.4, -0.2) is 15.6 Å². The van der Waals surface area contributed by atoms with Crippen LogP contribution in [0.2, 0.25) is 0 Å². The second-order valence-corrected chi connectivity index (χ2v) is 4.66. The molecule has 0 atom stereocenters. The summed E-state index contributed by atoms with van der Waals surface area (Å²) >= 11 is 0. The number of carbonyl (C=O) groups is 1. The molecule has 1 heterocycles. The first-order valence-corrected chi connectivity index (χ1v) is 6.73. The molecule has 0 saturated heterocycles. The summed E-state index contributed by atoms with van der Waals surface area (Å²) in [5, 5.41) is 0. The van der Waals surface area contributed by atoms with Gasteiger partial charge in [-0.1, -0.05) is 48.5 Å². The number of imidazole rings is 1. The van der Waals surface area contributed by atoms with Crippen molar-refractivity contribution in [3.8, 4) is 0 Å². The third-order valence-corrected chi connectivity index (χ3v) is 3.21. The third kappa shape index (κ3) is 3.00. The molecule has 21 heavy (non-hydrogen) atoms. The van der Waals surface area contributed by atoms with Crippen molar-refractivity contribution >= 4 is 11.7 Å². The van der Waals surface area contributed by atoms with Crippen molar-refractivity contribution in [1.82, 2.24) is 9.55 Å². The van der Waals surface area contributed by atoms with E-state index in [-0.39, 0.29) is 6.03 Å². The molecule has 1 amide bonds. The van der Waals surface area contributed by atoms with Gasteiger partial charge in [0.05, 0.1) is 6.54 Å². The van der Waals surface area contributed by atoms with Crippen LogP contribution in [0.1, 0.15) is 5.56 Å². The number of hydrogen-bond donors (Lipinski definition) is 0. The zero-order valence-electron chi connectivity index (χ0n) is 11.5. The Morgan fingerprint density at radius 1 is 1.00 bits per heavy atom. The fourth-order valence-electron chi connectivity index (χ4n) is 2.15. The molecular weight excluding hydrogens is 262 g/mol. The van der Waals surface area contributed by atoms with E-state index in [0.717, 1.165) is 11.3 Å². The Kier molecular flexibility index (Phi) is 3.78. The average molecular weight is 277 g/mol. The van der Waals surface area contributed by atoms with Crippen molar-refractivity contribution in [2.75, 3.05) is 4.90 Å². The molecule has 0 N–H and O–H groups in total. The molecule has 4 nitrogen and oxygen atoms in total. The van der Waals surface area contributed by atoms with Crippen molar-refractivity contribution in [2.45, 2.75) is 6.54 Å². The van der Waals surface area contributed by atoms with E-state index in [1.807, 2.05) is 60.7 Å². The largest absolute Gasteiger partial charge is 0.334 e. The summed E-state index contributed by atoms with van der Waals surface area (Å²) in [5.74, 6) is 0. The lowest BCUT2D eigenvalue weighted by Crippen LogP contribution is -2.33. The first-order valence-electron chi connectivity index (χ1n) is 6.73. The number of para-hydroxylation sites is 1. The summed E-state index contributed by atoms with van der Waals surface area (Å²) < 4.78 is 1.48. The minimum Gasteiger partial charge on any atom is -0.289 e. The summed E-state index contributed by atoms with van der Waals surface area (Å²) in [6.45, 7) is 0.516. The minimum atomic E-state index is -0.123. The van der Waals surface area contributed by atoms with Gasteiger partial charge in [-0.05, 0) is 17.7 Å². The molecule has 0 spiro atoms. The van der Waals surface area contributed by atoms with Crippen molar-refractivity contribution < 1.29 is 4.79 Å².